The minimum atomic E-state index is 0.233. The number of benzene rings is 3. The van der Waals surface area contributed by atoms with Crippen LogP contribution in [0.1, 0.15) is 11.1 Å². The molecule has 5 heteroatoms. The predicted molar refractivity (Wildman–Crippen MR) is 103 cm³/mol. The first-order valence-corrected chi connectivity index (χ1v) is 8.55. The highest BCUT2D eigenvalue weighted by Gasteiger charge is 2.07. The molecule has 0 atom stereocenters. The molecular formula is C20H17Cl2NO2. The van der Waals surface area contributed by atoms with Gasteiger partial charge in [0, 0.05) is 33.4 Å². The van der Waals surface area contributed by atoms with Crippen molar-refractivity contribution in [1.29, 1.82) is 0 Å². The van der Waals surface area contributed by atoms with Crippen molar-refractivity contribution in [1.82, 2.24) is 0 Å². The Balaban J connectivity index is 1.71. The fourth-order valence-corrected chi connectivity index (χ4v) is 2.76. The zero-order valence-electron chi connectivity index (χ0n) is 13.4. The van der Waals surface area contributed by atoms with E-state index < -0.39 is 0 Å². The third kappa shape index (κ3) is 4.81. The number of rotatable bonds is 6. The molecule has 25 heavy (non-hydrogen) atoms. The molecule has 0 amide bonds. The smallest absolute Gasteiger partial charge is 0.124 e. The van der Waals surface area contributed by atoms with E-state index in [-0.39, 0.29) is 5.75 Å². The molecular weight excluding hydrogens is 357 g/mol. The Labute approximate surface area is 156 Å². The first kappa shape index (κ1) is 17.5. The predicted octanol–water partition coefficient (Wildman–Crippen LogP) is 5.89. The van der Waals surface area contributed by atoms with Gasteiger partial charge in [0.1, 0.15) is 18.1 Å². The fraction of sp³-hybridized carbons (Fsp3) is 0.100. The second-order valence-corrected chi connectivity index (χ2v) is 6.38. The fourth-order valence-electron chi connectivity index (χ4n) is 2.37. The molecule has 0 radical (unpaired) electrons. The molecule has 0 saturated heterocycles. The summed E-state index contributed by atoms with van der Waals surface area (Å²) in [6.07, 6.45) is 0. The monoisotopic (exact) mass is 373 g/mol. The lowest BCUT2D eigenvalue weighted by molar-refractivity contribution is 0.303. The maximum atomic E-state index is 9.35. The average Bonchev–Trinajstić information content (AvgIpc) is 2.62. The average molecular weight is 374 g/mol. The summed E-state index contributed by atoms with van der Waals surface area (Å²) in [7, 11) is 0. The van der Waals surface area contributed by atoms with Crippen molar-refractivity contribution in [2.75, 3.05) is 5.32 Å². The highest BCUT2D eigenvalue weighted by atomic mass is 35.5. The van der Waals surface area contributed by atoms with Gasteiger partial charge in [-0.25, -0.2) is 0 Å². The molecule has 0 aromatic heterocycles. The molecule has 2 N–H and O–H groups in total. The van der Waals surface area contributed by atoms with E-state index in [1.54, 1.807) is 18.2 Å². The summed E-state index contributed by atoms with van der Waals surface area (Å²) in [4.78, 5) is 0. The van der Waals surface area contributed by atoms with Crippen LogP contribution in [-0.4, -0.2) is 5.11 Å². The molecule has 0 saturated carbocycles. The van der Waals surface area contributed by atoms with E-state index in [1.165, 1.54) is 0 Å². The standard InChI is InChI=1S/C20H17Cl2NO2/c21-16-5-10-20(25-13-14-3-1-2-4-19(14)22)15(11-16)12-23-17-6-8-18(24)9-7-17/h1-11,23-24H,12-13H2. The van der Waals surface area contributed by atoms with Gasteiger partial charge in [0.05, 0.1) is 0 Å². The Morgan fingerprint density at radius 2 is 1.64 bits per heavy atom. The lowest BCUT2D eigenvalue weighted by Gasteiger charge is -2.14. The molecule has 0 fully saturated rings. The number of phenolic OH excluding ortho intramolecular Hbond substituents is 1. The lowest BCUT2D eigenvalue weighted by atomic mass is 10.2. The van der Waals surface area contributed by atoms with Crippen molar-refractivity contribution in [3.63, 3.8) is 0 Å². The minimum absolute atomic E-state index is 0.233. The zero-order valence-corrected chi connectivity index (χ0v) is 14.9. The van der Waals surface area contributed by atoms with E-state index in [0.717, 1.165) is 22.6 Å². The van der Waals surface area contributed by atoms with Crippen molar-refractivity contribution in [3.8, 4) is 11.5 Å². The van der Waals surface area contributed by atoms with Crippen molar-refractivity contribution < 1.29 is 9.84 Å². The number of phenols is 1. The van der Waals surface area contributed by atoms with Crippen LogP contribution in [0, 0.1) is 0 Å². The van der Waals surface area contributed by atoms with E-state index in [2.05, 4.69) is 5.32 Å². The van der Waals surface area contributed by atoms with Gasteiger partial charge in [-0.05, 0) is 48.5 Å². The second kappa shape index (κ2) is 8.15. The summed E-state index contributed by atoms with van der Waals surface area (Å²) in [6, 6.07) is 20.0. The van der Waals surface area contributed by atoms with Crippen LogP contribution in [0.25, 0.3) is 0 Å². The highest BCUT2D eigenvalue weighted by molar-refractivity contribution is 6.31. The van der Waals surface area contributed by atoms with Crippen LogP contribution in [0.2, 0.25) is 10.0 Å². The molecule has 0 spiro atoms. The first-order chi connectivity index (χ1) is 12.1. The van der Waals surface area contributed by atoms with Gasteiger partial charge < -0.3 is 15.2 Å². The van der Waals surface area contributed by atoms with Crippen molar-refractivity contribution in [2.24, 2.45) is 0 Å². The van der Waals surface area contributed by atoms with Gasteiger partial charge in [-0.15, -0.1) is 0 Å². The zero-order chi connectivity index (χ0) is 17.6. The van der Waals surface area contributed by atoms with Crippen LogP contribution < -0.4 is 10.1 Å². The van der Waals surface area contributed by atoms with E-state index in [0.29, 0.717) is 23.2 Å². The summed E-state index contributed by atoms with van der Waals surface area (Å²) in [5.74, 6) is 0.979. The summed E-state index contributed by atoms with van der Waals surface area (Å²) in [6.45, 7) is 0.927. The van der Waals surface area contributed by atoms with Crippen LogP contribution in [0.5, 0.6) is 11.5 Å². The summed E-state index contributed by atoms with van der Waals surface area (Å²) in [5, 5.41) is 14.0. The Hall–Kier alpha value is -2.36. The lowest BCUT2D eigenvalue weighted by Crippen LogP contribution is -2.04. The van der Waals surface area contributed by atoms with Crippen molar-refractivity contribution >= 4 is 28.9 Å². The Morgan fingerprint density at radius 3 is 2.40 bits per heavy atom. The maximum absolute atomic E-state index is 9.35. The van der Waals surface area contributed by atoms with Crippen LogP contribution in [0.15, 0.2) is 66.7 Å². The van der Waals surface area contributed by atoms with E-state index in [9.17, 15) is 5.11 Å². The minimum Gasteiger partial charge on any atom is -0.508 e. The van der Waals surface area contributed by atoms with Gasteiger partial charge in [-0.3, -0.25) is 0 Å². The van der Waals surface area contributed by atoms with E-state index in [1.807, 2.05) is 48.5 Å². The largest absolute Gasteiger partial charge is 0.508 e. The first-order valence-electron chi connectivity index (χ1n) is 7.79. The number of aromatic hydroxyl groups is 1. The van der Waals surface area contributed by atoms with Crippen molar-refractivity contribution in [2.45, 2.75) is 13.2 Å². The van der Waals surface area contributed by atoms with Crippen LogP contribution in [-0.2, 0) is 13.2 Å². The molecule has 0 aliphatic carbocycles. The van der Waals surface area contributed by atoms with Crippen molar-refractivity contribution in [3.05, 3.63) is 87.9 Å². The molecule has 3 nitrogen and oxygen atoms in total. The number of nitrogens with one attached hydrogen (secondary N) is 1. The third-order valence-corrected chi connectivity index (χ3v) is 4.32. The molecule has 0 bridgehead atoms. The summed E-state index contributed by atoms with van der Waals surface area (Å²) < 4.78 is 5.94. The summed E-state index contributed by atoms with van der Waals surface area (Å²) >= 11 is 12.3. The number of ether oxygens (including phenoxy) is 1. The van der Waals surface area contributed by atoms with Gasteiger partial charge in [-0.2, -0.15) is 0 Å². The Kier molecular flexibility index (Phi) is 5.69. The second-order valence-electron chi connectivity index (χ2n) is 5.53. The molecule has 0 aliphatic rings. The van der Waals surface area contributed by atoms with Gasteiger partial charge in [0.15, 0.2) is 0 Å². The molecule has 0 heterocycles. The van der Waals surface area contributed by atoms with Gasteiger partial charge >= 0.3 is 0 Å². The van der Waals surface area contributed by atoms with Crippen LogP contribution >= 0.6 is 23.2 Å². The Morgan fingerprint density at radius 1 is 0.880 bits per heavy atom. The van der Waals surface area contributed by atoms with E-state index in [4.69, 9.17) is 27.9 Å². The third-order valence-electron chi connectivity index (χ3n) is 3.71. The summed E-state index contributed by atoms with van der Waals surface area (Å²) in [5.41, 5.74) is 2.76. The number of halogens is 2. The van der Waals surface area contributed by atoms with Crippen LogP contribution in [0.3, 0.4) is 0 Å². The molecule has 128 valence electrons. The number of hydrogen-bond donors (Lipinski definition) is 2. The van der Waals surface area contributed by atoms with E-state index >= 15 is 0 Å². The Bertz CT molecular complexity index is 851. The van der Waals surface area contributed by atoms with Gasteiger partial charge in [-0.1, -0.05) is 41.4 Å². The maximum Gasteiger partial charge on any atom is 0.124 e. The van der Waals surface area contributed by atoms with Gasteiger partial charge in [0.25, 0.3) is 0 Å². The molecule has 3 rings (SSSR count). The molecule has 0 unspecified atom stereocenters. The molecule has 3 aromatic carbocycles. The number of anilines is 1. The highest BCUT2D eigenvalue weighted by Crippen LogP contribution is 2.26. The molecule has 3 aromatic rings. The topological polar surface area (TPSA) is 41.5 Å². The van der Waals surface area contributed by atoms with Gasteiger partial charge in [0.2, 0.25) is 0 Å². The number of hydrogen-bond acceptors (Lipinski definition) is 3. The normalized spacial score (nSPS) is 10.5. The SMILES string of the molecule is Oc1ccc(NCc2cc(Cl)ccc2OCc2ccccc2Cl)cc1. The molecule has 0 aliphatic heterocycles. The quantitative estimate of drug-likeness (QED) is 0.529. The van der Waals surface area contributed by atoms with Crippen LogP contribution in [0.4, 0.5) is 5.69 Å².